The van der Waals surface area contributed by atoms with Crippen LogP contribution < -0.4 is 5.73 Å². The van der Waals surface area contributed by atoms with E-state index in [1.165, 1.54) is 19.4 Å². The Bertz CT molecular complexity index is 136. The van der Waals surface area contributed by atoms with Crippen LogP contribution in [0, 0.1) is 5.92 Å². The molecule has 2 nitrogen and oxygen atoms in total. The third-order valence-electron chi connectivity index (χ3n) is 2.46. The summed E-state index contributed by atoms with van der Waals surface area (Å²) in [6.45, 7) is 11.1. The largest absolute Gasteiger partial charge is 0.326 e. The minimum Gasteiger partial charge on any atom is -0.326 e. The third kappa shape index (κ3) is 10.0. The van der Waals surface area contributed by atoms with Crippen LogP contribution in [0.4, 0.5) is 0 Å². The van der Waals surface area contributed by atoms with Gasteiger partial charge in [-0.25, -0.2) is 0 Å². The van der Waals surface area contributed by atoms with E-state index in [1.54, 1.807) is 0 Å². The molecule has 0 atom stereocenters. The van der Waals surface area contributed by atoms with Gasteiger partial charge in [0.1, 0.15) is 0 Å². The lowest BCUT2D eigenvalue weighted by Gasteiger charge is -2.23. The molecule has 0 bridgehead atoms. The lowest BCUT2D eigenvalue weighted by Crippen LogP contribution is -2.36. The molecule has 0 amide bonds. The molecule has 0 spiro atoms. The average molecular weight is 200 g/mol. The second kappa shape index (κ2) is 6.41. The van der Waals surface area contributed by atoms with Crippen LogP contribution in [0.5, 0.6) is 0 Å². The second-order valence-electron chi connectivity index (χ2n) is 5.58. The Morgan fingerprint density at radius 3 is 2.21 bits per heavy atom. The standard InChI is InChI=1S/C12H28N2/c1-11(2)7-6-9-14(5)10-8-12(3,4)13/h11H,6-10,13H2,1-5H3. The number of hydrogen-bond acceptors (Lipinski definition) is 2. The van der Waals surface area contributed by atoms with E-state index < -0.39 is 0 Å². The van der Waals surface area contributed by atoms with E-state index in [-0.39, 0.29) is 5.54 Å². The summed E-state index contributed by atoms with van der Waals surface area (Å²) in [6.07, 6.45) is 3.71. The Morgan fingerprint density at radius 2 is 1.79 bits per heavy atom. The molecule has 2 N–H and O–H groups in total. The summed E-state index contributed by atoms with van der Waals surface area (Å²) in [4.78, 5) is 2.39. The highest BCUT2D eigenvalue weighted by Crippen LogP contribution is 2.07. The molecule has 0 aliphatic rings. The summed E-state index contributed by atoms with van der Waals surface area (Å²) < 4.78 is 0. The topological polar surface area (TPSA) is 29.3 Å². The highest BCUT2D eigenvalue weighted by atomic mass is 15.1. The SMILES string of the molecule is CC(C)CCCN(C)CCC(C)(C)N. The van der Waals surface area contributed by atoms with Crippen molar-refractivity contribution in [3.05, 3.63) is 0 Å². The molecule has 0 saturated carbocycles. The predicted octanol–water partition coefficient (Wildman–Crippen LogP) is 2.48. The van der Waals surface area contributed by atoms with Crippen molar-refractivity contribution in [1.82, 2.24) is 4.90 Å². The van der Waals surface area contributed by atoms with Gasteiger partial charge in [-0.15, -0.1) is 0 Å². The summed E-state index contributed by atoms with van der Waals surface area (Å²) in [7, 11) is 2.19. The van der Waals surface area contributed by atoms with Gasteiger partial charge in [0.05, 0.1) is 0 Å². The number of nitrogens with two attached hydrogens (primary N) is 1. The van der Waals surface area contributed by atoms with Crippen molar-refractivity contribution in [3.8, 4) is 0 Å². The fourth-order valence-corrected chi connectivity index (χ4v) is 1.36. The van der Waals surface area contributed by atoms with Gasteiger partial charge in [-0.3, -0.25) is 0 Å². The Kier molecular flexibility index (Phi) is 6.38. The van der Waals surface area contributed by atoms with Crippen LogP contribution in [0.1, 0.15) is 47.0 Å². The van der Waals surface area contributed by atoms with Crippen LogP contribution in [-0.2, 0) is 0 Å². The van der Waals surface area contributed by atoms with Crippen molar-refractivity contribution >= 4 is 0 Å². The molecule has 0 unspecified atom stereocenters. The molecule has 0 saturated heterocycles. The Labute approximate surface area is 89.9 Å². The molecule has 0 fully saturated rings. The van der Waals surface area contributed by atoms with Gasteiger partial charge in [-0.05, 0) is 59.2 Å². The van der Waals surface area contributed by atoms with Crippen LogP contribution in [-0.4, -0.2) is 30.6 Å². The lowest BCUT2D eigenvalue weighted by molar-refractivity contribution is 0.285. The number of rotatable bonds is 7. The summed E-state index contributed by atoms with van der Waals surface area (Å²) in [5.74, 6) is 0.828. The predicted molar refractivity (Wildman–Crippen MR) is 64.5 cm³/mol. The van der Waals surface area contributed by atoms with Gasteiger partial charge in [0, 0.05) is 5.54 Å². The van der Waals surface area contributed by atoms with Gasteiger partial charge < -0.3 is 10.6 Å². The molecular formula is C12H28N2. The molecule has 0 radical (unpaired) electrons. The second-order valence-corrected chi connectivity index (χ2v) is 5.58. The fourth-order valence-electron chi connectivity index (χ4n) is 1.36. The van der Waals surface area contributed by atoms with E-state index in [2.05, 4.69) is 39.6 Å². The Balaban J connectivity index is 3.42. The zero-order valence-corrected chi connectivity index (χ0v) is 10.6. The summed E-state index contributed by atoms with van der Waals surface area (Å²) >= 11 is 0. The maximum atomic E-state index is 5.93. The van der Waals surface area contributed by atoms with Crippen molar-refractivity contribution in [3.63, 3.8) is 0 Å². The fraction of sp³-hybridized carbons (Fsp3) is 1.00. The quantitative estimate of drug-likeness (QED) is 0.684. The normalized spacial score (nSPS) is 12.9. The first kappa shape index (κ1) is 13.9. The molecule has 0 aromatic carbocycles. The first-order valence-corrected chi connectivity index (χ1v) is 5.78. The van der Waals surface area contributed by atoms with Gasteiger partial charge in [0.15, 0.2) is 0 Å². The van der Waals surface area contributed by atoms with Crippen LogP contribution >= 0.6 is 0 Å². The Hall–Kier alpha value is -0.0800. The summed E-state index contributed by atoms with van der Waals surface area (Å²) in [5.41, 5.74) is 5.91. The molecule has 2 heteroatoms. The highest BCUT2D eigenvalue weighted by molar-refractivity contribution is 4.72. The molecule has 0 aliphatic carbocycles. The molecule has 14 heavy (non-hydrogen) atoms. The smallest absolute Gasteiger partial charge is 0.0109 e. The maximum absolute atomic E-state index is 5.93. The van der Waals surface area contributed by atoms with E-state index in [9.17, 15) is 0 Å². The third-order valence-corrected chi connectivity index (χ3v) is 2.46. The summed E-state index contributed by atoms with van der Waals surface area (Å²) in [5, 5.41) is 0. The zero-order chi connectivity index (χ0) is 11.2. The molecule has 0 aliphatic heterocycles. The molecule has 0 aromatic rings. The van der Waals surface area contributed by atoms with E-state index in [4.69, 9.17) is 5.73 Å². The molecule has 0 aromatic heterocycles. The average Bonchev–Trinajstić information content (AvgIpc) is 1.99. The lowest BCUT2D eigenvalue weighted by atomic mass is 10.0. The zero-order valence-electron chi connectivity index (χ0n) is 10.6. The summed E-state index contributed by atoms with van der Waals surface area (Å²) in [6, 6.07) is 0. The van der Waals surface area contributed by atoms with Crippen LogP contribution in [0.2, 0.25) is 0 Å². The molecule has 0 heterocycles. The monoisotopic (exact) mass is 200 g/mol. The van der Waals surface area contributed by atoms with E-state index in [0.717, 1.165) is 18.9 Å². The van der Waals surface area contributed by atoms with E-state index in [0.29, 0.717) is 0 Å². The van der Waals surface area contributed by atoms with E-state index in [1.807, 2.05) is 0 Å². The van der Waals surface area contributed by atoms with Gasteiger partial charge >= 0.3 is 0 Å². The van der Waals surface area contributed by atoms with Gasteiger partial charge in [-0.1, -0.05) is 13.8 Å². The Morgan fingerprint density at radius 1 is 1.21 bits per heavy atom. The van der Waals surface area contributed by atoms with Crippen LogP contribution in [0.25, 0.3) is 0 Å². The molecule has 0 rings (SSSR count). The van der Waals surface area contributed by atoms with Crippen molar-refractivity contribution < 1.29 is 0 Å². The van der Waals surface area contributed by atoms with Crippen LogP contribution in [0.15, 0.2) is 0 Å². The first-order valence-electron chi connectivity index (χ1n) is 5.78. The minimum atomic E-state index is -0.0215. The van der Waals surface area contributed by atoms with Crippen LogP contribution in [0.3, 0.4) is 0 Å². The van der Waals surface area contributed by atoms with Crippen molar-refractivity contribution in [2.75, 3.05) is 20.1 Å². The van der Waals surface area contributed by atoms with E-state index >= 15 is 0 Å². The van der Waals surface area contributed by atoms with Gasteiger partial charge in [0.25, 0.3) is 0 Å². The molecule has 86 valence electrons. The van der Waals surface area contributed by atoms with Crippen molar-refractivity contribution in [2.24, 2.45) is 11.7 Å². The maximum Gasteiger partial charge on any atom is 0.0109 e. The first-order chi connectivity index (χ1) is 6.31. The van der Waals surface area contributed by atoms with Crippen molar-refractivity contribution in [1.29, 1.82) is 0 Å². The minimum absolute atomic E-state index is 0.0215. The van der Waals surface area contributed by atoms with Gasteiger partial charge in [-0.2, -0.15) is 0 Å². The number of nitrogens with zero attached hydrogens (tertiary/aromatic N) is 1. The number of hydrogen-bond donors (Lipinski definition) is 1. The van der Waals surface area contributed by atoms with Crippen molar-refractivity contribution in [2.45, 2.75) is 52.5 Å². The highest BCUT2D eigenvalue weighted by Gasteiger charge is 2.11. The van der Waals surface area contributed by atoms with Gasteiger partial charge in [0.2, 0.25) is 0 Å². The molecular weight excluding hydrogens is 172 g/mol.